The van der Waals surface area contributed by atoms with Gasteiger partial charge in [-0.1, -0.05) is 20.8 Å². The zero-order chi connectivity index (χ0) is 12.4. The molecule has 1 aliphatic rings. The van der Waals surface area contributed by atoms with Crippen molar-refractivity contribution in [1.82, 2.24) is 4.98 Å². The van der Waals surface area contributed by atoms with Crippen LogP contribution >= 0.6 is 0 Å². The summed E-state index contributed by atoms with van der Waals surface area (Å²) in [5.41, 5.74) is 3.32. The molecule has 0 bridgehead atoms. The van der Waals surface area contributed by atoms with Crippen molar-refractivity contribution < 1.29 is 4.39 Å². The molecule has 0 saturated heterocycles. The smallest absolute Gasteiger partial charge is 0.192 e. The second-order valence-corrected chi connectivity index (χ2v) is 4.40. The number of nitrogens with one attached hydrogen (secondary N) is 2. The van der Waals surface area contributed by atoms with Gasteiger partial charge < -0.3 is 10.3 Å². The Labute approximate surface area is 101 Å². The normalized spacial score (nSPS) is 18.0. The first-order valence-corrected chi connectivity index (χ1v) is 6.27. The number of halogens is 1. The lowest BCUT2D eigenvalue weighted by molar-refractivity contribution is 0.593. The van der Waals surface area contributed by atoms with E-state index in [0.717, 1.165) is 29.6 Å². The van der Waals surface area contributed by atoms with E-state index in [4.69, 9.17) is 0 Å². The predicted molar refractivity (Wildman–Crippen MR) is 71.0 cm³/mol. The maximum atomic E-state index is 13.0. The number of hydrogen-bond donors (Lipinski definition) is 2. The van der Waals surface area contributed by atoms with Gasteiger partial charge >= 0.3 is 0 Å². The fourth-order valence-electron chi connectivity index (χ4n) is 2.26. The Hall–Kier alpha value is -1.51. The highest BCUT2D eigenvalue weighted by atomic mass is 19.1. The second-order valence-electron chi connectivity index (χ2n) is 4.40. The van der Waals surface area contributed by atoms with Gasteiger partial charge in [0, 0.05) is 29.2 Å². The Bertz CT molecular complexity index is 516. The first-order chi connectivity index (χ1) is 8.22. The summed E-state index contributed by atoms with van der Waals surface area (Å²) >= 11 is 0. The van der Waals surface area contributed by atoms with Gasteiger partial charge in [0.2, 0.25) is 0 Å². The van der Waals surface area contributed by atoms with Crippen LogP contribution in [-0.4, -0.2) is 11.5 Å². The van der Waals surface area contributed by atoms with Crippen LogP contribution in [0, 0.1) is 11.9 Å². The molecule has 0 saturated carbocycles. The van der Waals surface area contributed by atoms with Gasteiger partial charge in [-0.15, -0.1) is 0 Å². The molecule has 0 aliphatic carbocycles. The zero-order valence-electron chi connectivity index (χ0n) is 10.6. The molecule has 1 unspecified atom stereocenters. The van der Waals surface area contributed by atoms with E-state index in [1.165, 1.54) is 11.6 Å². The minimum absolute atomic E-state index is 0.264. The van der Waals surface area contributed by atoms with Gasteiger partial charge in [-0.3, -0.25) is 0 Å². The van der Waals surface area contributed by atoms with Crippen molar-refractivity contribution in [1.29, 1.82) is 0 Å². The number of hydrogen-bond acceptors (Lipinski definition) is 1. The number of H-pyrrole nitrogens is 1. The predicted octanol–water partition coefficient (Wildman–Crippen LogP) is 3.94. The van der Waals surface area contributed by atoms with E-state index in [1.54, 1.807) is 0 Å². The maximum absolute atomic E-state index is 13.0. The molecule has 92 valence electrons. The van der Waals surface area contributed by atoms with Crippen LogP contribution in [0.2, 0.25) is 0 Å². The third kappa shape index (κ3) is 2.28. The Kier molecular flexibility index (Phi) is 3.36. The Morgan fingerprint density at radius 2 is 2.00 bits per heavy atom. The fourth-order valence-corrected chi connectivity index (χ4v) is 2.26. The summed E-state index contributed by atoms with van der Waals surface area (Å²) < 4.78 is 13.0. The van der Waals surface area contributed by atoms with E-state index in [9.17, 15) is 4.39 Å². The van der Waals surface area contributed by atoms with Crippen molar-refractivity contribution in [2.45, 2.75) is 27.2 Å². The molecule has 1 aliphatic heterocycles. The van der Waals surface area contributed by atoms with E-state index >= 15 is 0 Å². The highest BCUT2D eigenvalue weighted by molar-refractivity contribution is 5.85. The molecule has 2 aromatic rings. The number of fused-ring (bicyclic) bond motifs is 2. The van der Waals surface area contributed by atoms with Crippen LogP contribution in [0.1, 0.15) is 26.3 Å². The summed E-state index contributed by atoms with van der Waals surface area (Å²) in [5, 5.41) is 4.32. The topological polar surface area (TPSA) is 27.8 Å². The van der Waals surface area contributed by atoms with Gasteiger partial charge in [0.15, 0.2) is 5.95 Å². The van der Waals surface area contributed by atoms with Gasteiger partial charge in [-0.25, -0.2) is 0 Å². The third-order valence-electron chi connectivity index (χ3n) is 3.02. The van der Waals surface area contributed by atoms with Gasteiger partial charge in [0.1, 0.15) is 0 Å². The summed E-state index contributed by atoms with van der Waals surface area (Å²) in [6.07, 6.45) is 1.07. The summed E-state index contributed by atoms with van der Waals surface area (Å²) in [6, 6.07) is 5.61. The van der Waals surface area contributed by atoms with E-state index in [-0.39, 0.29) is 5.95 Å². The molecule has 17 heavy (non-hydrogen) atoms. The molecule has 2 N–H and O–H groups in total. The average molecular weight is 234 g/mol. The van der Waals surface area contributed by atoms with E-state index in [2.05, 4.69) is 23.3 Å². The lowest BCUT2D eigenvalue weighted by atomic mass is 9.95. The van der Waals surface area contributed by atoms with Crippen LogP contribution in [0.15, 0.2) is 18.2 Å². The number of benzene rings is 1. The molecular weight excluding hydrogens is 215 g/mol. The molecule has 2 heterocycles. The van der Waals surface area contributed by atoms with E-state index < -0.39 is 0 Å². The molecule has 3 heteroatoms. The number of aromatic amines is 1. The van der Waals surface area contributed by atoms with Gasteiger partial charge in [-0.05, 0) is 30.0 Å². The van der Waals surface area contributed by atoms with Gasteiger partial charge in [0.05, 0.1) is 0 Å². The molecule has 1 aromatic carbocycles. The highest BCUT2D eigenvalue weighted by Crippen LogP contribution is 2.29. The zero-order valence-corrected chi connectivity index (χ0v) is 10.6. The molecule has 1 aromatic heterocycles. The van der Waals surface area contributed by atoms with Crippen LogP contribution in [-0.2, 0) is 6.42 Å². The lowest BCUT2D eigenvalue weighted by Gasteiger charge is -2.23. The summed E-state index contributed by atoms with van der Waals surface area (Å²) in [6.45, 7) is 7.22. The second kappa shape index (κ2) is 4.78. The summed E-state index contributed by atoms with van der Waals surface area (Å²) in [4.78, 5) is 2.73. The quantitative estimate of drug-likeness (QED) is 0.710. The lowest BCUT2D eigenvalue weighted by Crippen LogP contribution is -2.20. The first-order valence-electron chi connectivity index (χ1n) is 6.27. The summed E-state index contributed by atoms with van der Waals surface area (Å²) in [7, 11) is 0. The van der Waals surface area contributed by atoms with Gasteiger partial charge in [0.25, 0.3) is 0 Å². The fraction of sp³-hybridized carbons (Fsp3) is 0.429. The van der Waals surface area contributed by atoms with Crippen molar-refractivity contribution in [3.8, 4) is 0 Å². The average Bonchev–Trinajstić information content (AvgIpc) is 2.68. The molecule has 0 spiro atoms. The monoisotopic (exact) mass is 234 g/mol. The van der Waals surface area contributed by atoms with Crippen LogP contribution in [0.4, 0.5) is 10.1 Å². The minimum Gasteiger partial charge on any atom is -0.385 e. The number of rotatable bonds is 0. The van der Waals surface area contributed by atoms with Crippen molar-refractivity contribution >= 4 is 16.6 Å². The van der Waals surface area contributed by atoms with Crippen LogP contribution in [0.25, 0.3) is 10.9 Å². The first kappa shape index (κ1) is 12.0. The largest absolute Gasteiger partial charge is 0.385 e. The molecule has 2 nitrogen and oxygen atoms in total. The van der Waals surface area contributed by atoms with Crippen molar-refractivity contribution in [2.75, 3.05) is 11.9 Å². The highest BCUT2D eigenvalue weighted by Gasteiger charge is 2.15. The van der Waals surface area contributed by atoms with Crippen molar-refractivity contribution in [3.63, 3.8) is 0 Å². The van der Waals surface area contributed by atoms with Gasteiger partial charge in [-0.2, -0.15) is 4.39 Å². The molecule has 0 amide bonds. The molecule has 3 rings (SSSR count). The summed E-state index contributed by atoms with van der Waals surface area (Å²) in [5.74, 6) is 0.384. The number of anilines is 1. The van der Waals surface area contributed by atoms with Crippen LogP contribution in [0.5, 0.6) is 0 Å². The third-order valence-corrected chi connectivity index (χ3v) is 3.02. The molecule has 1 atom stereocenters. The van der Waals surface area contributed by atoms with E-state index in [0.29, 0.717) is 5.92 Å². The van der Waals surface area contributed by atoms with Crippen LogP contribution < -0.4 is 5.32 Å². The Morgan fingerprint density at radius 1 is 1.24 bits per heavy atom. The molecule has 0 fully saturated rings. The Balaban J connectivity index is 0.000000514. The molecular formula is C14H19FN2. The standard InChI is InChI=1S/C12H13FN2.C2H6/c1-7-2-8-4-11-9(5-12(13)15-11)3-10(8)14-6-7;1-2/h3-5,7,14-15H,2,6H2,1H3;1-2H3. The minimum atomic E-state index is -0.264. The van der Waals surface area contributed by atoms with Crippen molar-refractivity contribution in [2.24, 2.45) is 5.92 Å². The van der Waals surface area contributed by atoms with E-state index in [1.807, 2.05) is 19.9 Å². The molecule has 0 radical (unpaired) electrons. The van der Waals surface area contributed by atoms with Crippen molar-refractivity contribution in [3.05, 3.63) is 29.7 Å². The Morgan fingerprint density at radius 3 is 2.76 bits per heavy atom. The number of aromatic nitrogens is 1. The maximum Gasteiger partial charge on any atom is 0.192 e. The SMILES string of the molecule is CC.CC1CNc2cc3cc(F)[nH]c3cc2C1. The van der Waals surface area contributed by atoms with Crippen LogP contribution in [0.3, 0.4) is 0 Å².